The first-order chi connectivity index (χ1) is 8.71. The van der Waals surface area contributed by atoms with Crippen molar-refractivity contribution in [2.24, 2.45) is 0 Å². The Labute approximate surface area is 107 Å². The van der Waals surface area contributed by atoms with E-state index >= 15 is 0 Å². The van der Waals surface area contributed by atoms with Crippen LogP contribution in [0.5, 0.6) is 0 Å². The Balaban J connectivity index is 6.01. The van der Waals surface area contributed by atoms with E-state index in [2.05, 4.69) is 4.31 Å². The van der Waals surface area contributed by atoms with E-state index in [0.717, 1.165) is 0 Å². The molecule has 21 heavy (non-hydrogen) atoms. The molecule has 0 aliphatic carbocycles. The van der Waals surface area contributed by atoms with Crippen LogP contribution >= 0.6 is 15.5 Å². The smallest absolute Gasteiger partial charge is 0.320 e. The van der Waals surface area contributed by atoms with Crippen LogP contribution in [0.4, 0.5) is 43.7 Å². The highest BCUT2D eigenvalue weighted by molar-refractivity contribution is 7.64. The van der Waals surface area contributed by atoms with E-state index < -0.39 is 39.2 Å². The monoisotopic (exact) mass is 382 g/mol. The molecular formula is C4H2F10O5P2. The number of hydrogen-bond donors (Lipinski definition) is 2. The van der Waals surface area contributed by atoms with Crippen molar-refractivity contribution in [1.82, 2.24) is 0 Å². The highest BCUT2D eigenvalue weighted by Crippen LogP contribution is 2.73. The summed E-state index contributed by atoms with van der Waals surface area (Å²) in [5.74, 6) is -15.1. The van der Waals surface area contributed by atoms with Crippen molar-refractivity contribution in [3.05, 3.63) is 0 Å². The summed E-state index contributed by atoms with van der Waals surface area (Å²) in [5, 5.41) is 0. The molecule has 0 fully saturated rings. The topological polar surface area (TPSA) is 83.8 Å². The van der Waals surface area contributed by atoms with Crippen LogP contribution in [0, 0.1) is 0 Å². The van der Waals surface area contributed by atoms with E-state index in [9.17, 15) is 52.8 Å². The summed E-state index contributed by atoms with van der Waals surface area (Å²) >= 11 is 0. The Bertz CT molecular complexity index is 492. The van der Waals surface area contributed by atoms with Crippen LogP contribution in [0.3, 0.4) is 0 Å². The standard InChI is InChI=1S/C4H2F10O5P2/c5-1(6,3(9,10)11)2(7,8)4(12,13)20(15,16)19-21(14,17)18/h(H,15,16)(H,17,18). The van der Waals surface area contributed by atoms with E-state index in [-0.39, 0.29) is 0 Å². The van der Waals surface area contributed by atoms with E-state index in [1.807, 2.05) is 0 Å². The van der Waals surface area contributed by atoms with Gasteiger partial charge in [-0.1, -0.05) is 0 Å². The van der Waals surface area contributed by atoms with Gasteiger partial charge >= 0.3 is 39.2 Å². The van der Waals surface area contributed by atoms with Crippen LogP contribution in [0.25, 0.3) is 0 Å². The van der Waals surface area contributed by atoms with E-state index in [1.165, 1.54) is 0 Å². The molecule has 0 saturated heterocycles. The highest BCUT2D eigenvalue weighted by atomic mass is 31.3. The Hall–Kier alpha value is -0.360. The number of hydrogen-bond acceptors (Lipinski definition) is 3. The zero-order chi connectivity index (χ0) is 17.7. The van der Waals surface area contributed by atoms with Gasteiger partial charge in [-0.2, -0.15) is 43.8 Å². The van der Waals surface area contributed by atoms with Gasteiger partial charge in [-0.25, -0.2) is 4.57 Å². The minimum absolute atomic E-state index is 2.11. The van der Waals surface area contributed by atoms with Crippen molar-refractivity contribution >= 4 is 15.5 Å². The molecule has 0 rings (SSSR count). The maximum absolute atomic E-state index is 12.8. The van der Waals surface area contributed by atoms with Gasteiger partial charge in [0.05, 0.1) is 0 Å². The molecule has 0 spiro atoms. The maximum atomic E-state index is 12.8. The van der Waals surface area contributed by atoms with Gasteiger partial charge < -0.3 is 4.89 Å². The fourth-order valence-corrected chi connectivity index (χ4v) is 2.73. The Kier molecular flexibility index (Phi) is 5.00. The second-order valence-electron chi connectivity index (χ2n) is 3.24. The highest BCUT2D eigenvalue weighted by Gasteiger charge is 2.87. The van der Waals surface area contributed by atoms with Crippen molar-refractivity contribution in [1.29, 1.82) is 0 Å². The summed E-state index contributed by atoms with van der Waals surface area (Å²) in [6.07, 6.45) is -7.29. The number of rotatable bonds is 5. The predicted octanol–water partition coefficient (Wildman–Crippen LogP) is 3.68. The summed E-state index contributed by atoms with van der Waals surface area (Å²) in [6, 6.07) is 0. The van der Waals surface area contributed by atoms with E-state index in [0.29, 0.717) is 0 Å². The zero-order valence-corrected chi connectivity index (χ0v) is 10.6. The average molecular weight is 382 g/mol. The number of alkyl halides is 9. The molecule has 0 amide bonds. The lowest BCUT2D eigenvalue weighted by Crippen LogP contribution is -2.60. The molecule has 0 aromatic carbocycles. The lowest BCUT2D eigenvalue weighted by atomic mass is 10.1. The summed E-state index contributed by atoms with van der Waals surface area (Å²) in [5.41, 5.74) is -7.25. The number of halogens is 10. The van der Waals surface area contributed by atoms with Crippen LogP contribution in [-0.2, 0) is 13.4 Å². The summed E-state index contributed by atoms with van der Waals surface area (Å²) in [6.45, 7) is 0. The van der Waals surface area contributed by atoms with Crippen LogP contribution in [0.1, 0.15) is 0 Å². The fraction of sp³-hybridized carbons (Fsp3) is 1.00. The van der Waals surface area contributed by atoms with Gasteiger partial charge in [0.2, 0.25) is 0 Å². The third kappa shape index (κ3) is 3.52. The quantitative estimate of drug-likeness (QED) is 0.560. The Morgan fingerprint density at radius 2 is 1.10 bits per heavy atom. The predicted molar refractivity (Wildman–Crippen MR) is 42.7 cm³/mol. The first-order valence-electron chi connectivity index (χ1n) is 3.97. The van der Waals surface area contributed by atoms with Crippen molar-refractivity contribution in [2.75, 3.05) is 0 Å². The first kappa shape index (κ1) is 20.6. The second-order valence-corrected chi connectivity index (χ2v) is 6.40. The van der Waals surface area contributed by atoms with Crippen molar-refractivity contribution in [3.8, 4) is 0 Å². The average Bonchev–Trinajstić information content (AvgIpc) is 2.10. The fourth-order valence-electron chi connectivity index (χ4n) is 0.732. The Morgan fingerprint density at radius 3 is 1.33 bits per heavy atom. The van der Waals surface area contributed by atoms with Gasteiger partial charge in [-0.3, -0.25) is 9.46 Å². The molecule has 0 aliphatic heterocycles. The zero-order valence-electron chi connectivity index (χ0n) is 8.79. The second kappa shape index (κ2) is 5.08. The molecule has 128 valence electrons. The van der Waals surface area contributed by atoms with Gasteiger partial charge in [-0.15, -0.1) is 4.20 Å². The summed E-state index contributed by atoms with van der Waals surface area (Å²) in [4.78, 5) is 15.9. The summed E-state index contributed by atoms with van der Waals surface area (Å²) < 4.78 is 145. The molecule has 2 atom stereocenters. The van der Waals surface area contributed by atoms with Crippen molar-refractivity contribution in [3.63, 3.8) is 0 Å². The van der Waals surface area contributed by atoms with Crippen LogP contribution < -0.4 is 0 Å². The molecule has 2 N–H and O–H groups in total. The molecular weight excluding hydrogens is 380 g/mol. The van der Waals surface area contributed by atoms with Gasteiger partial charge in [0, 0.05) is 0 Å². The van der Waals surface area contributed by atoms with Crippen LogP contribution in [0.15, 0.2) is 0 Å². The van der Waals surface area contributed by atoms with Crippen LogP contribution in [0.2, 0.25) is 0 Å². The first-order valence-corrected chi connectivity index (χ1v) is 7.02. The molecule has 17 heteroatoms. The molecule has 5 nitrogen and oxygen atoms in total. The molecule has 0 aromatic heterocycles. The molecule has 0 radical (unpaired) electrons. The van der Waals surface area contributed by atoms with Gasteiger partial charge in [0.15, 0.2) is 0 Å². The molecule has 0 aromatic rings. The largest absolute Gasteiger partial charge is 0.517 e. The minimum atomic E-state index is -7.76. The SMILES string of the molecule is O=P(O)(F)OP(=O)(O)C(F)(F)C(F)(F)C(F)(F)C(F)(F)F. The normalized spacial score (nSPS) is 20.8. The van der Waals surface area contributed by atoms with E-state index in [4.69, 9.17) is 9.79 Å². The lowest BCUT2D eigenvalue weighted by Gasteiger charge is -2.34. The molecule has 0 bridgehead atoms. The Morgan fingerprint density at radius 1 is 0.762 bits per heavy atom. The third-order valence-electron chi connectivity index (χ3n) is 1.69. The maximum Gasteiger partial charge on any atom is 0.517 e. The van der Waals surface area contributed by atoms with E-state index in [1.54, 1.807) is 0 Å². The molecule has 0 saturated carbocycles. The van der Waals surface area contributed by atoms with Crippen molar-refractivity contribution in [2.45, 2.75) is 23.7 Å². The molecule has 0 heterocycles. The van der Waals surface area contributed by atoms with Crippen LogP contribution in [-0.4, -0.2) is 33.5 Å². The summed E-state index contributed by atoms with van der Waals surface area (Å²) in [7, 11) is -14.7. The third-order valence-corrected chi connectivity index (χ3v) is 4.38. The molecule has 0 aliphatic rings. The molecule has 2 unspecified atom stereocenters. The minimum Gasteiger partial charge on any atom is -0.320 e. The van der Waals surface area contributed by atoms with Gasteiger partial charge in [0.25, 0.3) is 0 Å². The lowest BCUT2D eigenvalue weighted by molar-refractivity contribution is -0.384. The van der Waals surface area contributed by atoms with Crippen molar-refractivity contribution < 1.29 is 66.9 Å². The van der Waals surface area contributed by atoms with Gasteiger partial charge in [-0.05, 0) is 0 Å². The van der Waals surface area contributed by atoms with Gasteiger partial charge in [0.1, 0.15) is 0 Å².